The topological polar surface area (TPSA) is 58.9 Å². The van der Waals surface area contributed by atoms with Crippen molar-refractivity contribution in [3.05, 3.63) is 46.2 Å². The fourth-order valence-corrected chi connectivity index (χ4v) is 4.79. The molecule has 26 heavy (non-hydrogen) atoms. The van der Waals surface area contributed by atoms with Crippen molar-refractivity contribution in [1.82, 2.24) is 0 Å². The van der Waals surface area contributed by atoms with Crippen LogP contribution in [-0.4, -0.2) is 35.5 Å². The Morgan fingerprint density at radius 3 is 2.77 bits per heavy atom. The normalized spacial score (nSPS) is 22.8. The third-order valence-electron chi connectivity index (χ3n) is 4.53. The first-order valence-corrected chi connectivity index (χ1v) is 11.2. The molecule has 1 aromatic rings. The molecule has 1 aromatic carbocycles. The molecular weight excluding hydrogens is 366 g/mol. The first-order chi connectivity index (χ1) is 12.7. The minimum absolute atomic E-state index is 0.117. The predicted molar refractivity (Wildman–Crippen MR) is 111 cm³/mol. The van der Waals surface area contributed by atoms with Gasteiger partial charge in [-0.1, -0.05) is 48.0 Å². The van der Waals surface area contributed by atoms with Gasteiger partial charge in [0.25, 0.3) is 0 Å². The van der Waals surface area contributed by atoms with Crippen molar-refractivity contribution in [3.63, 3.8) is 0 Å². The number of thioether (sulfide) groups is 2. The molecule has 2 atom stereocenters. The van der Waals surface area contributed by atoms with Gasteiger partial charge < -0.3 is 9.94 Å². The maximum absolute atomic E-state index is 11.6. The molecule has 6 heteroatoms. The SMILES string of the molecule is CCOC(=O)CSC(=CC1CCCC(c2ccccc2)C/C1=N\O)SC. The zero-order valence-corrected chi connectivity index (χ0v) is 17.0. The number of oxime groups is 1. The smallest absolute Gasteiger partial charge is 0.316 e. The number of carbonyl (C=O) groups excluding carboxylic acids is 1. The molecule has 4 nitrogen and oxygen atoms in total. The van der Waals surface area contributed by atoms with E-state index in [1.807, 2.05) is 19.2 Å². The van der Waals surface area contributed by atoms with Gasteiger partial charge in [-0.05, 0) is 43.9 Å². The molecular formula is C20H27NO3S2. The summed E-state index contributed by atoms with van der Waals surface area (Å²) in [6.07, 6.45) is 8.07. The van der Waals surface area contributed by atoms with Crippen molar-refractivity contribution in [2.24, 2.45) is 11.1 Å². The van der Waals surface area contributed by atoms with E-state index in [9.17, 15) is 10.0 Å². The number of esters is 1. The second-order valence-corrected chi connectivity index (χ2v) is 8.35. The summed E-state index contributed by atoms with van der Waals surface area (Å²) in [6.45, 7) is 2.22. The number of benzene rings is 1. The summed E-state index contributed by atoms with van der Waals surface area (Å²) in [5, 5.41) is 13.2. The van der Waals surface area contributed by atoms with Crippen LogP contribution >= 0.6 is 23.5 Å². The van der Waals surface area contributed by atoms with E-state index in [4.69, 9.17) is 4.74 Å². The van der Waals surface area contributed by atoms with Gasteiger partial charge >= 0.3 is 5.97 Å². The lowest BCUT2D eigenvalue weighted by Crippen LogP contribution is -2.13. The van der Waals surface area contributed by atoms with E-state index in [1.54, 1.807) is 11.8 Å². The standard InChI is InChI=1S/C20H27NO3S2/c1-3-24-19(22)14-26-20(25-2)13-17-11-7-10-16(12-18(17)21-23)15-8-5-4-6-9-15/h4-6,8-9,13,16-17,23H,3,7,10-12,14H2,1-2H3/b20-13?,21-18+. The molecule has 1 saturated carbocycles. The van der Waals surface area contributed by atoms with Gasteiger partial charge in [0.1, 0.15) is 0 Å². The maximum atomic E-state index is 11.6. The van der Waals surface area contributed by atoms with Crippen LogP contribution in [0.3, 0.4) is 0 Å². The van der Waals surface area contributed by atoms with E-state index in [-0.39, 0.29) is 11.9 Å². The van der Waals surface area contributed by atoms with Crippen LogP contribution < -0.4 is 0 Å². The fraction of sp³-hybridized carbons (Fsp3) is 0.500. The molecule has 0 amide bonds. The van der Waals surface area contributed by atoms with Crippen molar-refractivity contribution in [2.45, 2.75) is 38.5 Å². The number of hydrogen-bond acceptors (Lipinski definition) is 6. The minimum Gasteiger partial charge on any atom is -0.465 e. The zero-order valence-electron chi connectivity index (χ0n) is 15.4. The monoisotopic (exact) mass is 393 g/mol. The molecule has 0 radical (unpaired) electrons. The van der Waals surface area contributed by atoms with Crippen LogP contribution in [0.5, 0.6) is 0 Å². The molecule has 0 bridgehead atoms. The van der Waals surface area contributed by atoms with Crippen LogP contribution in [0.25, 0.3) is 0 Å². The Bertz CT molecular complexity index is 631. The molecule has 142 valence electrons. The highest BCUT2D eigenvalue weighted by Crippen LogP contribution is 2.36. The summed E-state index contributed by atoms with van der Waals surface area (Å²) in [5.41, 5.74) is 2.14. The number of allylic oxidation sites excluding steroid dienone is 1. The van der Waals surface area contributed by atoms with Crippen molar-refractivity contribution in [3.8, 4) is 0 Å². The van der Waals surface area contributed by atoms with E-state index < -0.39 is 0 Å². The average molecular weight is 394 g/mol. The zero-order chi connectivity index (χ0) is 18.8. The highest BCUT2D eigenvalue weighted by atomic mass is 32.2. The van der Waals surface area contributed by atoms with Crippen LogP contribution in [0.15, 0.2) is 45.8 Å². The van der Waals surface area contributed by atoms with Crippen LogP contribution in [0.1, 0.15) is 44.1 Å². The molecule has 2 unspecified atom stereocenters. The third kappa shape index (κ3) is 6.40. The average Bonchev–Trinajstić information content (AvgIpc) is 2.88. The molecule has 0 aromatic heterocycles. The highest BCUT2D eigenvalue weighted by molar-refractivity contribution is 8.22. The van der Waals surface area contributed by atoms with Crippen molar-refractivity contribution < 1.29 is 14.7 Å². The van der Waals surface area contributed by atoms with Crippen LogP contribution in [-0.2, 0) is 9.53 Å². The van der Waals surface area contributed by atoms with E-state index >= 15 is 0 Å². The summed E-state index contributed by atoms with van der Waals surface area (Å²) in [7, 11) is 0. The van der Waals surface area contributed by atoms with Gasteiger partial charge in [-0.25, -0.2) is 0 Å². The Morgan fingerprint density at radius 2 is 2.12 bits per heavy atom. The lowest BCUT2D eigenvalue weighted by molar-refractivity contribution is -0.139. The fourth-order valence-electron chi connectivity index (χ4n) is 3.23. The minimum atomic E-state index is -0.196. The Balaban J connectivity index is 2.06. The van der Waals surface area contributed by atoms with E-state index in [2.05, 4.69) is 35.5 Å². The Labute approximate surface area is 164 Å². The van der Waals surface area contributed by atoms with Gasteiger partial charge in [0.15, 0.2) is 0 Å². The van der Waals surface area contributed by atoms with Gasteiger partial charge in [-0.2, -0.15) is 0 Å². The molecule has 0 spiro atoms. The summed E-state index contributed by atoms with van der Waals surface area (Å²) in [4.78, 5) is 11.6. The predicted octanol–water partition coefficient (Wildman–Crippen LogP) is 5.29. The third-order valence-corrected chi connectivity index (χ3v) is 6.72. The molecule has 1 aliphatic rings. The number of carbonyl (C=O) groups is 1. The van der Waals surface area contributed by atoms with Gasteiger partial charge in [0.2, 0.25) is 0 Å². The summed E-state index contributed by atoms with van der Waals surface area (Å²) in [6, 6.07) is 10.4. The maximum Gasteiger partial charge on any atom is 0.316 e. The van der Waals surface area contributed by atoms with Gasteiger partial charge in [0.05, 0.1) is 18.1 Å². The second kappa shape index (κ2) is 11.3. The van der Waals surface area contributed by atoms with E-state index in [0.29, 0.717) is 18.3 Å². The molecule has 2 rings (SSSR count). The van der Waals surface area contributed by atoms with Crippen LogP contribution in [0, 0.1) is 5.92 Å². The number of nitrogens with zero attached hydrogens (tertiary/aromatic N) is 1. The summed E-state index contributed by atoms with van der Waals surface area (Å²) >= 11 is 3.11. The first-order valence-electron chi connectivity index (χ1n) is 8.97. The quantitative estimate of drug-likeness (QED) is 0.295. The lowest BCUT2D eigenvalue weighted by atomic mass is 9.90. The number of rotatable bonds is 7. The van der Waals surface area contributed by atoms with Crippen LogP contribution in [0.2, 0.25) is 0 Å². The molecule has 1 N–H and O–H groups in total. The van der Waals surface area contributed by atoms with E-state index in [1.165, 1.54) is 17.3 Å². The van der Waals surface area contributed by atoms with Gasteiger partial charge in [-0.3, -0.25) is 4.79 Å². The summed E-state index contributed by atoms with van der Waals surface area (Å²) in [5.74, 6) is 0.626. The summed E-state index contributed by atoms with van der Waals surface area (Å²) < 4.78 is 6.06. The Hall–Kier alpha value is -1.40. The first kappa shape index (κ1) is 20.9. The molecule has 1 fully saturated rings. The van der Waals surface area contributed by atoms with Crippen molar-refractivity contribution in [2.75, 3.05) is 18.6 Å². The lowest BCUT2D eigenvalue weighted by Gasteiger charge is -2.16. The van der Waals surface area contributed by atoms with Crippen LogP contribution in [0.4, 0.5) is 0 Å². The number of hydrogen-bond donors (Lipinski definition) is 1. The number of ether oxygens (including phenoxy) is 1. The van der Waals surface area contributed by atoms with Gasteiger partial charge in [-0.15, -0.1) is 23.5 Å². The molecule has 0 aliphatic heterocycles. The Morgan fingerprint density at radius 1 is 1.35 bits per heavy atom. The van der Waals surface area contributed by atoms with Crippen molar-refractivity contribution in [1.29, 1.82) is 0 Å². The molecule has 1 aliphatic carbocycles. The molecule has 0 saturated heterocycles. The molecule has 0 heterocycles. The second-order valence-electron chi connectivity index (χ2n) is 6.22. The largest absolute Gasteiger partial charge is 0.465 e. The highest BCUT2D eigenvalue weighted by Gasteiger charge is 2.25. The van der Waals surface area contributed by atoms with E-state index in [0.717, 1.165) is 35.6 Å². The Kier molecular flexibility index (Phi) is 9.12. The van der Waals surface area contributed by atoms with Crippen molar-refractivity contribution >= 4 is 35.2 Å². The van der Waals surface area contributed by atoms with Gasteiger partial charge in [0, 0.05) is 10.2 Å².